The fraction of sp³-hybridized carbons (Fsp3) is 0.222. The van der Waals surface area contributed by atoms with Gasteiger partial charge in [-0.15, -0.1) is 10.2 Å². The Morgan fingerprint density at radius 1 is 1.12 bits per heavy atom. The van der Waals surface area contributed by atoms with E-state index >= 15 is 0 Å². The van der Waals surface area contributed by atoms with Crippen LogP contribution in [0.1, 0.15) is 17.0 Å². The number of halogens is 1. The van der Waals surface area contributed by atoms with Gasteiger partial charge in [0.05, 0.1) is 15.5 Å². The Bertz CT molecular complexity index is 1030. The maximum atomic E-state index is 12.5. The van der Waals surface area contributed by atoms with E-state index in [4.69, 9.17) is 16.0 Å². The molecule has 0 fully saturated rings. The molecule has 0 radical (unpaired) electrons. The molecule has 0 bridgehead atoms. The summed E-state index contributed by atoms with van der Waals surface area (Å²) >= 11 is 6.11. The van der Waals surface area contributed by atoms with Crippen LogP contribution in [0.25, 0.3) is 11.5 Å². The number of hydrogen-bond acceptors (Lipinski definition) is 5. The fourth-order valence-corrected chi connectivity index (χ4v) is 4.04. The fourth-order valence-electron chi connectivity index (χ4n) is 2.47. The molecule has 6 nitrogen and oxygen atoms in total. The van der Waals surface area contributed by atoms with Gasteiger partial charge in [0.25, 0.3) is 0 Å². The Balaban J connectivity index is 1.67. The van der Waals surface area contributed by atoms with Crippen LogP contribution < -0.4 is 4.72 Å². The summed E-state index contributed by atoms with van der Waals surface area (Å²) in [6, 6.07) is 12.5. The van der Waals surface area contributed by atoms with Crippen molar-refractivity contribution in [3.63, 3.8) is 0 Å². The number of aryl methyl sites for hydroxylation is 2. The second-order valence-corrected chi connectivity index (χ2v) is 8.04. The lowest BCUT2D eigenvalue weighted by Gasteiger charge is -2.09. The van der Waals surface area contributed by atoms with Crippen LogP contribution in [0, 0.1) is 13.8 Å². The molecule has 3 aromatic rings. The molecule has 0 atom stereocenters. The minimum Gasteiger partial charge on any atom is -0.421 e. The summed E-state index contributed by atoms with van der Waals surface area (Å²) in [5.74, 6) is 0.645. The van der Waals surface area contributed by atoms with Crippen LogP contribution in [0.2, 0.25) is 5.02 Å². The minimum absolute atomic E-state index is 0.153. The molecule has 2 aromatic carbocycles. The van der Waals surface area contributed by atoms with E-state index in [1.165, 1.54) is 0 Å². The van der Waals surface area contributed by atoms with Crippen LogP contribution >= 0.6 is 11.6 Å². The van der Waals surface area contributed by atoms with Crippen molar-refractivity contribution >= 4 is 21.6 Å². The number of sulfonamides is 1. The normalized spacial score (nSPS) is 11.7. The van der Waals surface area contributed by atoms with Gasteiger partial charge in [-0.05, 0) is 43.2 Å². The standard InChI is InChI=1S/C18H18ClN3O3S/c1-12-7-8-13(2)16(11-12)26(23,24)20-10-9-17-21-22-18(25-17)14-5-3-4-6-15(14)19/h3-8,11,20H,9-10H2,1-2H3. The van der Waals surface area contributed by atoms with Crippen LogP contribution in [-0.2, 0) is 16.4 Å². The van der Waals surface area contributed by atoms with Gasteiger partial charge in [-0.2, -0.15) is 0 Å². The molecule has 1 aromatic heterocycles. The van der Waals surface area contributed by atoms with Crippen molar-refractivity contribution in [1.29, 1.82) is 0 Å². The maximum Gasteiger partial charge on any atom is 0.249 e. The van der Waals surface area contributed by atoms with Crippen LogP contribution in [0.3, 0.4) is 0 Å². The van der Waals surface area contributed by atoms with Gasteiger partial charge < -0.3 is 4.42 Å². The molecule has 8 heteroatoms. The minimum atomic E-state index is -3.60. The van der Waals surface area contributed by atoms with E-state index in [9.17, 15) is 8.42 Å². The lowest BCUT2D eigenvalue weighted by molar-refractivity contribution is 0.502. The molecular formula is C18H18ClN3O3S. The largest absolute Gasteiger partial charge is 0.421 e. The SMILES string of the molecule is Cc1ccc(C)c(S(=O)(=O)NCCc2nnc(-c3ccccc3Cl)o2)c1. The third-order valence-corrected chi connectivity index (χ3v) is 5.77. The molecule has 1 heterocycles. The average Bonchev–Trinajstić information content (AvgIpc) is 3.06. The van der Waals surface area contributed by atoms with E-state index < -0.39 is 10.0 Å². The molecule has 3 rings (SSSR count). The van der Waals surface area contributed by atoms with Gasteiger partial charge in [0.15, 0.2) is 0 Å². The van der Waals surface area contributed by atoms with Gasteiger partial charge in [0.1, 0.15) is 0 Å². The lowest BCUT2D eigenvalue weighted by atomic mass is 10.2. The van der Waals surface area contributed by atoms with Crippen molar-refractivity contribution in [3.8, 4) is 11.5 Å². The van der Waals surface area contributed by atoms with Crippen LogP contribution in [-0.4, -0.2) is 25.2 Å². The topological polar surface area (TPSA) is 85.1 Å². The number of aromatic nitrogens is 2. The Hall–Kier alpha value is -2.22. The maximum absolute atomic E-state index is 12.5. The smallest absolute Gasteiger partial charge is 0.249 e. The van der Waals surface area contributed by atoms with E-state index in [0.717, 1.165) is 5.56 Å². The van der Waals surface area contributed by atoms with Crippen molar-refractivity contribution in [2.24, 2.45) is 0 Å². The van der Waals surface area contributed by atoms with Gasteiger partial charge in [-0.1, -0.05) is 35.9 Å². The third kappa shape index (κ3) is 4.12. The average molecular weight is 392 g/mol. The summed E-state index contributed by atoms with van der Waals surface area (Å²) in [7, 11) is -3.60. The predicted molar refractivity (Wildman–Crippen MR) is 99.6 cm³/mol. The second-order valence-electron chi connectivity index (χ2n) is 5.90. The summed E-state index contributed by atoms with van der Waals surface area (Å²) in [5.41, 5.74) is 2.23. The van der Waals surface area contributed by atoms with Gasteiger partial charge in [0, 0.05) is 13.0 Å². The summed E-state index contributed by atoms with van der Waals surface area (Å²) < 4.78 is 33.1. The molecular weight excluding hydrogens is 374 g/mol. The Morgan fingerprint density at radius 3 is 2.65 bits per heavy atom. The van der Waals surface area contributed by atoms with E-state index in [1.54, 1.807) is 31.2 Å². The molecule has 0 saturated heterocycles. The lowest BCUT2D eigenvalue weighted by Crippen LogP contribution is -2.26. The summed E-state index contributed by atoms with van der Waals surface area (Å²) in [6.07, 6.45) is 0.279. The monoisotopic (exact) mass is 391 g/mol. The Kier molecular flexibility index (Phi) is 5.41. The van der Waals surface area contributed by atoms with Crippen molar-refractivity contribution in [2.75, 3.05) is 6.54 Å². The number of hydrogen-bond donors (Lipinski definition) is 1. The first-order valence-electron chi connectivity index (χ1n) is 8.01. The first-order valence-corrected chi connectivity index (χ1v) is 9.87. The van der Waals surface area contributed by atoms with Gasteiger partial charge in [-0.3, -0.25) is 0 Å². The van der Waals surface area contributed by atoms with Crippen molar-refractivity contribution < 1.29 is 12.8 Å². The van der Waals surface area contributed by atoms with Gasteiger partial charge >= 0.3 is 0 Å². The predicted octanol–water partition coefficient (Wildman–Crippen LogP) is 3.53. The quantitative estimate of drug-likeness (QED) is 0.694. The highest BCUT2D eigenvalue weighted by atomic mass is 35.5. The summed E-state index contributed by atoms with van der Waals surface area (Å²) in [5, 5.41) is 8.43. The molecule has 1 N–H and O–H groups in total. The van der Waals surface area contributed by atoms with Crippen LogP contribution in [0.5, 0.6) is 0 Å². The van der Waals surface area contributed by atoms with E-state index in [1.807, 2.05) is 25.1 Å². The Morgan fingerprint density at radius 2 is 1.88 bits per heavy atom. The zero-order valence-corrected chi connectivity index (χ0v) is 15.9. The van der Waals surface area contributed by atoms with Crippen LogP contribution in [0.4, 0.5) is 0 Å². The van der Waals surface area contributed by atoms with Crippen molar-refractivity contribution in [3.05, 3.63) is 64.5 Å². The third-order valence-electron chi connectivity index (χ3n) is 3.84. The number of rotatable bonds is 6. The summed E-state index contributed by atoms with van der Waals surface area (Å²) in [6.45, 7) is 3.77. The Labute approximate surface area is 157 Å². The molecule has 0 amide bonds. The van der Waals surface area contributed by atoms with E-state index in [-0.39, 0.29) is 17.9 Å². The zero-order valence-electron chi connectivity index (χ0n) is 14.4. The highest BCUT2D eigenvalue weighted by molar-refractivity contribution is 7.89. The number of nitrogens with zero attached hydrogens (tertiary/aromatic N) is 2. The van der Waals surface area contributed by atoms with Gasteiger partial charge in [-0.25, -0.2) is 13.1 Å². The first kappa shape index (κ1) is 18.6. The molecule has 26 heavy (non-hydrogen) atoms. The molecule has 0 spiro atoms. The van der Waals surface area contributed by atoms with Crippen molar-refractivity contribution in [2.45, 2.75) is 25.2 Å². The molecule has 0 saturated carbocycles. The molecule has 0 unspecified atom stereocenters. The molecule has 0 aliphatic heterocycles. The zero-order chi connectivity index (χ0) is 18.7. The number of benzene rings is 2. The van der Waals surface area contributed by atoms with Crippen LogP contribution in [0.15, 0.2) is 51.8 Å². The first-order chi connectivity index (χ1) is 12.4. The second kappa shape index (κ2) is 7.57. The van der Waals surface area contributed by atoms with Crippen molar-refractivity contribution in [1.82, 2.24) is 14.9 Å². The highest BCUT2D eigenvalue weighted by Crippen LogP contribution is 2.26. The molecule has 0 aliphatic rings. The van der Waals surface area contributed by atoms with Gasteiger partial charge in [0.2, 0.25) is 21.8 Å². The summed E-state index contributed by atoms with van der Waals surface area (Å²) in [4.78, 5) is 0.278. The highest BCUT2D eigenvalue weighted by Gasteiger charge is 2.17. The molecule has 0 aliphatic carbocycles. The number of nitrogens with one attached hydrogen (secondary N) is 1. The van der Waals surface area contributed by atoms with E-state index in [0.29, 0.717) is 27.9 Å². The van der Waals surface area contributed by atoms with E-state index in [2.05, 4.69) is 14.9 Å². The molecule has 136 valence electrons.